The fourth-order valence-electron chi connectivity index (χ4n) is 6.15. The second-order valence-electron chi connectivity index (χ2n) is 11.7. The fraction of sp³-hybridized carbons (Fsp3) is 0.119. The molecule has 1 N–H and O–H groups in total. The van der Waals surface area contributed by atoms with Gasteiger partial charge in [0.1, 0.15) is 11.8 Å². The van der Waals surface area contributed by atoms with Crippen molar-refractivity contribution in [3.63, 3.8) is 0 Å². The number of imidazole rings is 1. The van der Waals surface area contributed by atoms with Crippen molar-refractivity contribution in [3.8, 4) is 17.5 Å². The van der Waals surface area contributed by atoms with Gasteiger partial charge < -0.3 is 14.8 Å². The first-order valence-corrected chi connectivity index (χ1v) is 16.5. The molecule has 51 heavy (non-hydrogen) atoms. The molecular weight excluding hydrogens is 638 g/mol. The summed E-state index contributed by atoms with van der Waals surface area (Å²) in [7, 11) is 0. The van der Waals surface area contributed by atoms with Crippen molar-refractivity contribution in [3.05, 3.63) is 156 Å². The molecule has 3 aromatic carbocycles. The zero-order valence-corrected chi connectivity index (χ0v) is 28.0. The van der Waals surface area contributed by atoms with Gasteiger partial charge in [-0.1, -0.05) is 90.7 Å². The molecule has 1 aliphatic heterocycles. The van der Waals surface area contributed by atoms with Crippen molar-refractivity contribution in [1.82, 2.24) is 24.8 Å². The third-order valence-corrected chi connectivity index (χ3v) is 8.55. The summed E-state index contributed by atoms with van der Waals surface area (Å²) >= 11 is 0. The largest absolute Gasteiger partial charge is 0.463 e. The molecule has 0 bridgehead atoms. The maximum atomic E-state index is 13.9. The van der Waals surface area contributed by atoms with Gasteiger partial charge in [-0.05, 0) is 43.2 Å². The smallest absolute Gasteiger partial charge is 0.337 e. The molecule has 7 rings (SSSR count). The van der Waals surface area contributed by atoms with Crippen LogP contribution < -0.4 is 5.32 Å². The second kappa shape index (κ2) is 14.8. The van der Waals surface area contributed by atoms with Crippen LogP contribution in [0.25, 0.3) is 39.3 Å². The predicted molar refractivity (Wildman–Crippen MR) is 197 cm³/mol. The number of hydrogen-bond acceptors (Lipinski definition) is 8. The Balaban J connectivity index is 1.23. The van der Waals surface area contributed by atoms with E-state index >= 15 is 0 Å². The van der Waals surface area contributed by atoms with Crippen molar-refractivity contribution in [2.75, 3.05) is 13.2 Å². The van der Waals surface area contributed by atoms with Crippen LogP contribution >= 0.6 is 0 Å². The molecular formula is C42H33N5O4. The molecule has 0 radical (unpaired) electrons. The van der Waals surface area contributed by atoms with Gasteiger partial charge in [-0.2, -0.15) is 0 Å². The van der Waals surface area contributed by atoms with Crippen molar-refractivity contribution in [1.29, 1.82) is 0 Å². The first kappa shape index (κ1) is 32.7. The summed E-state index contributed by atoms with van der Waals surface area (Å²) in [6, 6.07) is 27.2. The molecule has 0 aliphatic carbocycles. The lowest BCUT2D eigenvalue weighted by Crippen LogP contribution is -2.33. The Morgan fingerprint density at radius 2 is 1.67 bits per heavy atom. The number of aromatic nitrogens is 4. The maximum Gasteiger partial charge on any atom is 0.337 e. The number of benzene rings is 3. The summed E-state index contributed by atoms with van der Waals surface area (Å²) in [6.45, 7) is 3.56. The molecule has 9 heteroatoms. The molecule has 1 unspecified atom stereocenters. The minimum Gasteiger partial charge on any atom is -0.463 e. The van der Waals surface area contributed by atoms with Gasteiger partial charge >= 0.3 is 11.9 Å². The van der Waals surface area contributed by atoms with E-state index in [1.54, 1.807) is 45.0 Å². The molecule has 0 fully saturated rings. The summed E-state index contributed by atoms with van der Waals surface area (Å²) in [5.74, 6) is 4.13. The highest BCUT2D eigenvalue weighted by Crippen LogP contribution is 2.37. The van der Waals surface area contributed by atoms with Crippen LogP contribution in [0.15, 0.2) is 139 Å². The second-order valence-corrected chi connectivity index (χ2v) is 11.7. The topological polar surface area (TPSA) is 108 Å². The molecule has 0 spiro atoms. The van der Waals surface area contributed by atoms with E-state index in [0.29, 0.717) is 17.0 Å². The average molecular weight is 672 g/mol. The summed E-state index contributed by atoms with van der Waals surface area (Å²) in [5.41, 5.74) is 6.66. The van der Waals surface area contributed by atoms with Crippen LogP contribution in [-0.4, -0.2) is 44.7 Å². The predicted octanol–water partition coefficient (Wildman–Crippen LogP) is 7.04. The van der Waals surface area contributed by atoms with Gasteiger partial charge in [-0.3, -0.25) is 14.5 Å². The lowest BCUT2D eigenvalue weighted by molar-refractivity contribution is -0.139. The first-order chi connectivity index (χ1) is 25.0. The molecule has 1 atom stereocenters. The number of ether oxygens (including phenoxy) is 2. The van der Waals surface area contributed by atoms with Crippen molar-refractivity contribution < 1.29 is 19.1 Å². The van der Waals surface area contributed by atoms with Crippen LogP contribution in [0.1, 0.15) is 30.5 Å². The summed E-state index contributed by atoms with van der Waals surface area (Å²) in [5, 5.41) is 5.29. The van der Waals surface area contributed by atoms with E-state index < -0.39 is 17.9 Å². The van der Waals surface area contributed by atoms with E-state index in [1.165, 1.54) is 0 Å². The van der Waals surface area contributed by atoms with Gasteiger partial charge in [0.05, 0.1) is 40.7 Å². The third-order valence-electron chi connectivity index (χ3n) is 8.55. The minimum atomic E-state index is -0.784. The van der Waals surface area contributed by atoms with Gasteiger partial charge in [-0.15, -0.1) is 0 Å². The lowest BCUT2D eigenvalue weighted by Gasteiger charge is -2.30. The molecule has 6 aromatic rings. The van der Waals surface area contributed by atoms with Crippen LogP contribution in [-0.2, 0) is 19.1 Å². The van der Waals surface area contributed by atoms with Crippen LogP contribution in [0.4, 0.5) is 0 Å². The van der Waals surface area contributed by atoms with Gasteiger partial charge in [0, 0.05) is 46.7 Å². The SMILES string of the molecule is CCOC(=O)C1=C(c2ccc(-n3cnc4cnccc43)cc2)NC(C)=C(C(=O)OCC#Cc2cncc3ccccc23)C1/C=C/c1ccccc1. The van der Waals surface area contributed by atoms with Crippen LogP contribution in [0.5, 0.6) is 0 Å². The molecule has 1 aliphatic rings. The molecule has 3 aromatic heterocycles. The number of nitrogens with zero attached hydrogens (tertiary/aromatic N) is 4. The zero-order valence-electron chi connectivity index (χ0n) is 28.0. The highest BCUT2D eigenvalue weighted by atomic mass is 16.5. The standard InChI is InChI=1S/C42H33N5O4/c1-3-50-42(49)39-35(20-15-29-10-5-4-6-11-29)38(41(48)51-23-9-13-32-25-44-24-31-12-7-8-14-34(31)32)28(2)46-40(39)30-16-18-33(19-17-30)47-27-45-36-26-43-22-21-37(36)47/h4-8,10-12,14-22,24-27,35,46H,3,23H2,1-2H3/b20-15+. The summed E-state index contributed by atoms with van der Waals surface area (Å²) in [6.07, 6.45) is 12.4. The summed E-state index contributed by atoms with van der Waals surface area (Å²) in [4.78, 5) is 40.6. The van der Waals surface area contributed by atoms with E-state index in [0.717, 1.165) is 44.2 Å². The first-order valence-electron chi connectivity index (χ1n) is 16.5. The lowest BCUT2D eigenvalue weighted by atomic mass is 9.83. The minimum absolute atomic E-state index is 0.153. The number of nitrogens with one attached hydrogen (secondary N) is 1. The molecule has 0 saturated carbocycles. The molecule has 250 valence electrons. The number of carbonyl (C=O) groups is 2. The maximum absolute atomic E-state index is 13.9. The Hall–Kier alpha value is -6.79. The Bertz CT molecular complexity index is 2410. The van der Waals surface area contributed by atoms with E-state index in [4.69, 9.17) is 9.47 Å². The number of rotatable bonds is 8. The molecule has 0 saturated heterocycles. The summed E-state index contributed by atoms with van der Waals surface area (Å²) < 4.78 is 13.3. The van der Waals surface area contributed by atoms with Gasteiger partial charge in [0.2, 0.25) is 0 Å². The van der Waals surface area contributed by atoms with Gasteiger partial charge in [0.15, 0.2) is 6.61 Å². The van der Waals surface area contributed by atoms with E-state index in [9.17, 15) is 9.59 Å². The van der Waals surface area contributed by atoms with Crippen LogP contribution in [0, 0.1) is 17.8 Å². The fourth-order valence-corrected chi connectivity index (χ4v) is 6.15. The van der Waals surface area contributed by atoms with Gasteiger partial charge in [-0.25, -0.2) is 14.6 Å². The molecule has 0 amide bonds. The number of carbonyl (C=O) groups excluding carboxylic acids is 2. The van der Waals surface area contributed by atoms with Crippen molar-refractivity contribution >= 4 is 45.5 Å². The number of pyridine rings is 2. The highest BCUT2D eigenvalue weighted by Gasteiger charge is 2.37. The molecule has 9 nitrogen and oxygen atoms in total. The number of dihydropyridines is 1. The Kier molecular flexibility index (Phi) is 9.48. The quantitative estimate of drug-likeness (QED) is 0.136. The Morgan fingerprint density at radius 3 is 2.49 bits per heavy atom. The van der Waals surface area contributed by atoms with Crippen LogP contribution in [0.2, 0.25) is 0 Å². The van der Waals surface area contributed by atoms with E-state index in [1.807, 2.05) is 102 Å². The molecule has 4 heterocycles. The number of allylic oxidation sites excluding steroid dienone is 2. The van der Waals surface area contributed by atoms with Crippen LogP contribution in [0.3, 0.4) is 0 Å². The number of fused-ring (bicyclic) bond motifs is 2. The third kappa shape index (κ3) is 6.89. The Morgan fingerprint density at radius 1 is 0.882 bits per heavy atom. The average Bonchev–Trinajstić information content (AvgIpc) is 3.60. The van der Waals surface area contributed by atoms with Crippen molar-refractivity contribution in [2.24, 2.45) is 5.92 Å². The highest BCUT2D eigenvalue weighted by molar-refractivity contribution is 6.04. The normalized spacial score (nSPS) is 14.4. The monoisotopic (exact) mass is 671 g/mol. The van der Waals surface area contributed by atoms with E-state index in [-0.39, 0.29) is 18.8 Å². The number of hydrogen-bond donors (Lipinski definition) is 1. The Labute approximate surface area is 295 Å². The van der Waals surface area contributed by atoms with Crippen molar-refractivity contribution in [2.45, 2.75) is 13.8 Å². The van der Waals surface area contributed by atoms with Gasteiger partial charge in [0.25, 0.3) is 0 Å². The zero-order chi connectivity index (χ0) is 35.2. The van der Waals surface area contributed by atoms with E-state index in [2.05, 4.69) is 32.1 Å². The number of esters is 2.